The molecule has 0 fully saturated rings. The fourth-order valence-electron chi connectivity index (χ4n) is 3.29. The molecule has 0 bridgehead atoms. The summed E-state index contributed by atoms with van der Waals surface area (Å²) in [5.74, 6) is 1.03. The molecule has 0 saturated heterocycles. The van der Waals surface area contributed by atoms with Gasteiger partial charge in [-0.3, -0.25) is 0 Å². The molecule has 0 aliphatic heterocycles. The number of ether oxygens (including phenoxy) is 1. The summed E-state index contributed by atoms with van der Waals surface area (Å²) in [7, 11) is 2.58. The highest BCUT2D eigenvalue weighted by Crippen LogP contribution is 2.27. The molecule has 0 amide bonds. The lowest BCUT2D eigenvalue weighted by molar-refractivity contribution is 0.307. The molecule has 0 spiro atoms. The molecule has 27 heavy (non-hydrogen) atoms. The predicted octanol–water partition coefficient (Wildman–Crippen LogP) is 4.54. The van der Waals surface area contributed by atoms with Crippen molar-refractivity contribution in [1.82, 2.24) is 5.32 Å². The van der Waals surface area contributed by atoms with Crippen molar-refractivity contribution in [2.24, 2.45) is 0 Å². The highest BCUT2D eigenvalue weighted by Gasteiger charge is 2.12. The van der Waals surface area contributed by atoms with Crippen molar-refractivity contribution < 1.29 is 4.74 Å². The Labute approximate surface area is 164 Å². The van der Waals surface area contributed by atoms with Gasteiger partial charge in [0.2, 0.25) is 0 Å². The monoisotopic (exact) mass is 377 g/mol. The smallest absolute Gasteiger partial charge is 0.130 e. The van der Waals surface area contributed by atoms with E-state index in [1.165, 1.54) is 38.4 Å². The van der Waals surface area contributed by atoms with E-state index in [1.807, 2.05) is 13.1 Å². The Kier molecular flexibility index (Phi) is 6.66. The minimum Gasteiger partial charge on any atom is -0.488 e. The van der Waals surface area contributed by atoms with Crippen LogP contribution in [0.25, 0.3) is 0 Å². The van der Waals surface area contributed by atoms with Gasteiger partial charge in [-0.25, -0.2) is 0 Å². The largest absolute Gasteiger partial charge is 0.488 e. The van der Waals surface area contributed by atoms with Crippen molar-refractivity contribution in [2.75, 3.05) is 7.05 Å². The Bertz CT molecular complexity index is 906. The van der Waals surface area contributed by atoms with Gasteiger partial charge in [0.05, 0.1) is 0 Å². The third-order valence-electron chi connectivity index (χ3n) is 4.54. The second-order valence-corrected chi connectivity index (χ2v) is 8.38. The second kappa shape index (κ2) is 9.17. The van der Waals surface area contributed by atoms with Crippen LogP contribution in [0.1, 0.15) is 27.8 Å². The molecule has 140 valence electrons. The molecule has 0 saturated carbocycles. The molecule has 3 heteroatoms. The minimum atomic E-state index is 0.576. The zero-order chi connectivity index (χ0) is 19.2. The first kappa shape index (κ1) is 19.6. The first-order chi connectivity index (χ1) is 13.1. The first-order valence-electron chi connectivity index (χ1n) is 9.36. The van der Waals surface area contributed by atoms with Crippen molar-refractivity contribution in [3.63, 3.8) is 0 Å². The zero-order valence-corrected chi connectivity index (χ0v) is 17.6. The van der Waals surface area contributed by atoms with Gasteiger partial charge in [0.15, 0.2) is 0 Å². The van der Waals surface area contributed by atoms with Gasteiger partial charge in [0, 0.05) is 11.8 Å². The highest BCUT2D eigenvalue weighted by molar-refractivity contribution is 7.55. The molecule has 2 nitrogen and oxygen atoms in total. The van der Waals surface area contributed by atoms with E-state index < -0.39 is 0 Å². The van der Waals surface area contributed by atoms with E-state index in [0.29, 0.717) is 15.2 Å². The summed E-state index contributed by atoms with van der Waals surface area (Å²) < 4.78 is 6.30. The third kappa shape index (κ3) is 5.19. The van der Waals surface area contributed by atoms with Gasteiger partial charge >= 0.3 is 0 Å². The summed E-state index contributed by atoms with van der Waals surface area (Å²) in [5, 5.41) is 5.96. The van der Waals surface area contributed by atoms with Crippen molar-refractivity contribution in [1.29, 1.82) is 0 Å². The van der Waals surface area contributed by atoms with Gasteiger partial charge in [0.1, 0.15) is 12.4 Å². The van der Waals surface area contributed by atoms with Crippen LogP contribution in [0.3, 0.4) is 0 Å². The lowest BCUT2D eigenvalue weighted by Gasteiger charge is -2.17. The topological polar surface area (TPSA) is 21.3 Å². The second-order valence-electron chi connectivity index (χ2n) is 7.05. The van der Waals surface area contributed by atoms with E-state index in [1.54, 1.807) is 0 Å². The van der Waals surface area contributed by atoms with E-state index in [0.717, 1.165) is 12.3 Å². The fraction of sp³-hybridized carbons (Fsp3) is 0.250. The number of aryl methyl sites for hydroxylation is 3. The van der Waals surface area contributed by atoms with Gasteiger partial charge in [-0.15, -0.1) is 0 Å². The Morgan fingerprint density at radius 1 is 0.852 bits per heavy atom. The molecule has 0 aromatic heterocycles. The Hall–Kier alpha value is -2.15. The Morgan fingerprint density at radius 2 is 1.63 bits per heavy atom. The molecule has 1 atom stereocenters. The highest BCUT2D eigenvalue weighted by atomic mass is 31.1. The van der Waals surface area contributed by atoms with Crippen LogP contribution in [-0.4, -0.2) is 7.05 Å². The molecule has 3 aromatic rings. The molecular formula is C24H28NOP. The number of nitrogens with one attached hydrogen (secondary N) is 1. The predicted molar refractivity (Wildman–Crippen MR) is 118 cm³/mol. The molecule has 0 radical (unpaired) electrons. The van der Waals surface area contributed by atoms with Crippen LogP contribution in [-0.2, 0) is 13.2 Å². The van der Waals surface area contributed by atoms with Gasteiger partial charge in [0.25, 0.3) is 0 Å². The number of hydrogen-bond donors (Lipinski definition) is 1. The minimum absolute atomic E-state index is 0.576. The lowest BCUT2D eigenvalue weighted by atomic mass is 10.1. The van der Waals surface area contributed by atoms with Crippen LogP contribution in [0.4, 0.5) is 0 Å². The van der Waals surface area contributed by atoms with Crippen molar-refractivity contribution in [3.8, 4) is 5.75 Å². The van der Waals surface area contributed by atoms with Crippen molar-refractivity contribution in [3.05, 3.63) is 88.5 Å². The normalized spacial score (nSPS) is 11.3. The number of rotatable bonds is 7. The lowest BCUT2D eigenvalue weighted by Crippen LogP contribution is -2.17. The van der Waals surface area contributed by atoms with E-state index in [9.17, 15) is 0 Å². The van der Waals surface area contributed by atoms with Crippen LogP contribution >= 0.6 is 8.58 Å². The quantitative estimate of drug-likeness (QED) is 0.611. The Morgan fingerprint density at radius 3 is 2.37 bits per heavy atom. The summed E-state index contributed by atoms with van der Waals surface area (Å²) in [6.07, 6.45) is 0. The number of benzene rings is 3. The van der Waals surface area contributed by atoms with Crippen LogP contribution in [0, 0.1) is 20.8 Å². The van der Waals surface area contributed by atoms with Crippen LogP contribution < -0.4 is 20.7 Å². The Balaban J connectivity index is 1.91. The van der Waals surface area contributed by atoms with Gasteiger partial charge in [-0.05, 0) is 61.4 Å². The fourth-order valence-corrected chi connectivity index (χ4v) is 4.76. The molecule has 1 unspecified atom stereocenters. The maximum absolute atomic E-state index is 6.30. The molecule has 0 heterocycles. The maximum Gasteiger partial charge on any atom is 0.130 e. The summed E-state index contributed by atoms with van der Waals surface area (Å²) in [4.78, 5) is 0. The molecule has 0 aliphatic rings. The van der Waals surface area contributed by atoms with Gasteiger partial charge < -0.3 is 10.1 Å². The van der Waals surface area contributed by atoms with Crippen molar-refractivity contribution in [2.45, 2.75) is 33.9 Å². The summed E-state index contributed by atoms with van der Waals surface area (Å²) >= 11 is 0. The molecule has 0 aliphatic carbocycles. The van der Waals surface area contributed by atoms with Gasteiger partial charge in [-0.2, -0.15) is 0 Å². The van der Waals surface area contributed by atoms with Crippen LogP contribution in [0.5, 0.6) is 5.75 Å². The third-order valence-corrected chi connectivity index (χ3v) is 5.94. The van der Waals surface area contributed by atoms with Crippen LogP contribution in [0.15, 0.2) is 60.7 Å². The first-order valence-corrected chi connectivity index (χ1v) is 10.4. The average Bonchev–Trinajstić information content (AvgIpc) is 2.64. The zero-order valence-electron chi connectivity index (χ0n) is 16.6. The SMILES string of the molecule is CNCc1cc(C)ccc1Pc1cc(C)cc(C)c1OCc1ccccc1. The summed E-state index contributed by atoms with van der Waals surface area (Å²) in [6.45, 7) is 7.93. The van der Waals surface area contributed by atoms with E-state index in [-0.39, 0.29) is 0 Å². The summed E-state index contributed by atoms with van der Waals surface area (Å²) in [6, 6.07) is 21.6. The summed E-state index contributed by atoms with van der Waals surface area (Å²) in [5.41, 5.74) is 6.34. The maximum atomic E-state index is 6.30. The van der Waals surface area contributed by atoms with E-state index in [4.69, 9.17) is 4.74 Å². The van der Waals surface area contributed by atoms with E-state index in [2.05, 4.69) is 80.7 Å². The van der Waals surface area contributed by atoms with Gasteiger partial charge in [-0.1, -0.05) is 68.7 Å². The molecule has 3 aromatic carbocycles. The standard InChI is InChI=1S/C24H28NOP/c1-17-10-11-22(21(13-17)15-25-4)27-23-14-18(2)12-19(3)24(23)26-16-20-8-6-5-7-9-20/h5-14,25,27H,15-16H2,1-4H3. The molecular weight excluding hydrogens is 349 g/mol. The van der Waals surface area contributed by atoms with Crippen molar-refractivity contribution >= 4 is 19.2 Å². The number of hydrogen-bond acceptors (Lipinski definition) is 2. The van der Waals surface area contributed by atoms with Crippen LogP contribution in [0.2, 0.25) is 0 Å². The molecule has 1 N–H and O–H groups in total. The molecule has 3 rings (SSSR count). The van der Waals surface area contributed by atoms with E-state index >= 15 is 0 Å². The average molecular weight is 377 g/mol.